The Labute approximate surface area is 99.9 Å². The zero-order valence-corrected chi connectivity index (χ0v) is 10.8. The van der Waals surface area contributed by atoms with Gasteiger partial charge in [0.1, 0.15) is 12.5 Å². The van der Waals surface area contributed by atoms with Gasteiger partial charge in [-0.1, -0.05) is 18.2 Å². The SMILES string of the molecule is C[S+](C)n1c2c(c3ccccc31)CCCC2. The molecule has 0 saturated heterocycles. The number of nitrogens with zero attached hydrogens (tertiary/aromatic N) is 1. The molecule has 16 heavy (non-hydrogen) atoms. The summed E-state index contributed by atoms with van der Waals surface area (Å²) in [4.78, 5) is 0. The van der Waals surface area contributed by atoms with Crippen molar-refractivity contribution < 1.29 is 0 Å². The zero-order valence-electron chi connectivity index (χ0n) is 9.99. The van der Waals surface area contributed by atoms with Crippen molar-refractivity contribution >= 4 is 22.0 Å². The van der Waals surface area contributed by atoms with Gasteiger partial charge < -0.3 is 0 Å². The fourth-order valence-electron chi connectivity index (χ4n) is 2.87. The standard InChI is InChI=1S/C14H18NS/c1-16(2)15-13-9-5-3-7-11(13)12-8-4-6-10-14(12)15/h3,5,7,9H,4,6,8,10H2,1-2H3/q+1. The summed E-state index contributed by atoms with van der Waals surface area (Å²) in [6.07, 6.45) is 9.92. The number of rotatable bonds is 1. The molecule has 0 spiro atoms. The Balaban J connectivity index is 2.37. The molecule has 2 heteroatoms. The summed E-state index contributed by atoms with van der Waals surface area (Å²) in [7, 11) is 0. The third-order valence-corrected chi connectivity index (χ3v) is 4.64. The topological polar surface area (TPSA) is 4.93 Å². The van der Waals surface area contributed by atoms with Gasteiger partial charge >= 0.3 is 0 Å². The van der Waals surface area contributed by atoms with E-state index in [1.165, 1.54) is 36.6 Å². The van der Waals surface area contributed by atoms with Crippen LogP contribution < -0.4 is 0 Å². The molecule has 0 unspecified atom stereocenters. The van der Waals surface area contributed by atoms with Gasteiger partial charge in [-0.15, -0.1) is 0 Å². The van der Waals surface area contributed by atoms with Crippen molar-refractivity contribution in [3.8, 4) is 0 Å². The van der Waals surface area contributed by atoms with Gasteiger partial charge in [0.25, 0.3) is 0 Å². The lowest BCUT2D eigenvalue weighted by Crippen LogP contribution is -2.14. The van der Waals surface area contributed by atoms with Crippen LogP contribution in [0, 0.1) is 0 Å². The second-order valence-corrected chi connectivity index (χ2v) is 6.63. The van der Waals surface area contributed by atoms with E-state index in [0.29, 0.717) is 11.1 Å². The van der Waals surface area contributed by atoms with E-state index >= 15 is 0 Å². The molecule has 3 rings (SSSR count). The minimum Gasteiger partial charge on any atom is -0.167 e. The molecular formula is C14H18NS+. The first kappa shape index (κ1) is 10.3. The van der Waals surface area contributed by atoms with Crippen LogP contribution >= 0.6 is 0 Å². The summed E-state index contributed by atoms with van der Waals surface area (Å²) >= 11 is 0.305. The van der Waals surface area contributed by atoms with Gasteiger partial charge in [0.2, 0.25) is 0 Å². The molecule has 1 aromatic carbocycles. The van der Waals surface area contributed by atoms with Gasteiger partial charge in [-0.05, 0) is 37.3 Å². The second-order valence-electron chi connectivity index (χ2n) is 4.72. The summed E-state index contributed by atoms with van der Waals surface area (Å²) < 4.78 is 2.57. The predicted molar refractivity (Wildman–Crippen MR) is 73.2 cm³/mol. The zero-order chi connectivity index (χ0) is 11.1. The summed E-state index contributed by atoms with van der Waals surface area (Å²) in [6.45, 7) is 0. The molecule has 1 aliphatic carbocycles. The van der Waals surface area contributed by atoms with E-state index in [9.17, 15) is 0 Å². The Kier molecular flexibility index (Phi) is 2.47. The lowest BCUT2D eigenvalue weighted by Gasteiger charge is -2.12. The van der Waals surface area contributed by atoms with Crippen molar-refractivity contribution in [3.63, 3.8) is 0 Å². The van der Waals surface area contributed by atoms with Crippen LogP contribution in [0.5, 0.6) is 0 Å². The van der Waals surface area contributed by atoms with Gasteiger partial charge in [-0.25, -0.2) is 0 Å². The molecule has 0 atom stereocenters. The minimum atomic E-state index is 0.305. The molecule has 1 aliphatic rings. The van der Waals surface area contributed by atoms with Crippen LogP contribution in [0.1, 0.15) is 24.1 Å². The van der Waals surface area contributed by atoms with Crippen molar-refractivity contribution in [1.29, 1.82) is 0 Å². The van der Waals surface area contributed by atoms with Gasteiger partial charge in [0.15, 0.2) is 0 Å². The molecule has 0 saturated carbocycles. The summed E-state index contributed by atoms with van der Waals surface area (Å²) in [6, 6.07) is 8.91. The van der Waals surface area contributed by atoms with Crippen LogP contribution in [0.2, 0.25) is 0 Å². The maximum absolute atomic E-state index is 2.57. The maximum atomic E-state index is 2.57. The van der Waals surface area contributed by atoms with Crippen molar-refractivity contribution in [2.24, 2.45) is 0 Å². The highest BCUT2D eigenvalue weighted by molar-refractivity contribution is 7.94. The average molecular weight is 232 g/mol. The number of benzene rings is 1. The Hall–Kier alpha value is -0.890. The van der Waals surface area contributed by atoms with Crippen molar-refractivity contribution in [1.82, 2.24) is 3.97 Å². The van der Waals surface area contributed by atoms with E-state index in [1.807, 2.05) is 0 Å². The van der Waals surface area contributed by atoms with E-state index in [4.69, 9.17) is 0 Å². The lowest BCUT2D eigenvalue weighted by atomic mass is 9.96. The highest BCUT2D eigenvalue weighted by Gasteiger charge is 2.24. The van der Waals surface area contributed by atoms with Crippen LogP contribution in [0.15, 0.2) is 24.3 Å². The first-order valence-electron chi connectivity index (χ1n) is 5.98. The van der Waals surface area contributed by atoms with E-state index in [2.05, 4.69) is 40.7 Å². The van der Waals surface area contributed by atoms with Crippen LogP contribution in [0.25, 0.3) is 10.9 Å². The number of fused-ring (bicyclic) bond motifs is 3. The highest BCUT2D eigenvalue weighted by atomic mass is 32.2. The molecule has 0 fully saturated rings. The highest BCUT2D eigenvalue weighted by Crippen LogP contribution is 2.32. The maximum Gasteiger partial charge on any atom is 0.123 e. The predicted octanol–water partition coefficient (Wildman–Crippen LogP) is 3.16. The quantitative estimate of drug-likeness (QED) is 0.666. The Morgan fingerprint density at radius 3 is 2.62 bits per heavy atom. The van der Waals surface area contributed by atoms with E-state index in [0.717, 1.165) is 0 Å². The van der Waals surface area contributed by atoms with Crippen molar-refractivity contribution in [2.45, 2.75) is 25.7 Å². The minimum absolute atomic E-state index is 0.305. The van der Waals surface area contributed by atoms with Crippen LogP contribution in [0.3, 0.4) is 0 Å². The molecule has 1 aromatic heterocycles. The van der Waals surface area contributed by atoms with Crippen LogP contribution in [-0.2, 0) is 23.9 Å². The third kappa shape index (κ3) is 1.40. The lowest BCUT2D eigenvalue weighted by molar-refractivity contribution is 0.675. The molecule has 0 N–H and O–H groups in total. The van der Waals surface area contributed by atoms with Crippen molar-refractivity contribution in [2.75, 3.05) is 12.5 Å². The van der Waals surface area contributed by atoms with Gasteiger partial charge in [0, 0.05) is 5.39 Å². The Morgan fingerprint density at radius 2 is 1.81 bits per heavy atom. The molecule has 0 aliphatic heterocycles. The van der Waals surface area contributed by atoms with E-state index < -0.39 is 0 Å². The average Bonchev–Trinajstić information content (AvgIpc) is 2.63. The molecule has 2 aromatic rings. The largest absolute Gasteiger partial charge is 0.167 e. The molecule has 0 amide bonds. The first-order valence-corrected chi connectivity index (χ1v) is 7.98. The molecule has 1 nitrogen and oxygen atoms in total. The number of hydrogen-bond acceptors (Lipinski definition) is 0. The monoisotopic (exact) mass is 232 g/mol. The van der Waals surface area contributed by atoms with Gasteiger partial charge in [0.05, 0.1) is 22.3 Å². The number of aryl methyl sites for hydroxylation is 1. The van der Waals surface area contributed by atoms with Crippen LogP contribution in [0.4, 0.5) is 0 Å². The molecule has 0 bridgehead atoms. The van der Waals surface area contributed by atoms with E-state index in [1.54, 1.807) is 11.3 Å². The summed E-state index contributed by atoms with van der Waals surface area (Å²) in [5.74, 6) is 0. The first-order chi connectivity index (χ1) is 7.79. The van der Waals surface area contributed by atoms with Crippen LogP contribution in [-0.4, -0.2) is 16.5 Å². The number of hydrogen-bond donors (Lipinski definition) is 0. The number of para-hydroxylation sites is 1. The van der Waals surface area contributed by atoms with Gasteiger partial charge in [-0.2, -0.15) is 3.97 Å². The third-order valence-electron chi connectivity index (χ3n) is 3.50. The molecular weight excluding hydrogens is 214 g/mol. The fourth-order valence-corrected chi connectivity index (χ4v) is 4.07. The summed E-state index contributed by atoms with van der Waals surface area (Å²) in [5.41, 5.74) is 4.69. The van der Waals surface area contributed by atoms with E-state index in [-0.39, 0.29) is 0 Å². The van der Waals surface area contributed by atoms with Gasteiger partial charge in [-0.3, -0.25) is 0 Å². The Bertz CT molecular complexity index is 525. The normalized spacial score (nSPS) is 15.7. The smallest absolute Gasteiger partial charge is 0.123 e. The second kappa shape index (κ2) is 3.85. The van der Waals surface area contributed by atoms with Crippen molar-refractivity contribution in [3.05, 3.63) is 35.5 Å². The number of aromatic nitrogens is 1. The molecule has 0 radical (unpaired) electrons. The molecule has 84 valence electrons. The fraction of sp³-hybridized carbons (Fsp3) is 0.429. The Morgan fingerprint density at radius 1 is 1.06 bits per heavy atom. The molecule has 1 heterocycles. The summed E-state index contributed by atoms with van der Waals surface area (Å²) in [5, 5.41) is 1.50.